The second kappa shape index (κ2) is 7.88. The van der Waals surface area contributed by atoms with Crippen molar-refractivity contribution in [3.8, 4) is 11.5 Å². The maximum absolute atomic E-state index is 14.5. The summed E-state index contributed by atoms with van der Waals surface area (Å²) in [6.45, 7) is 6.44. The Morgan fingerprint density at radius 1 is 1.21 bits per heavy atom. The van der Waals surface area contributed by atoms with Gasteiger partial charge in [-0.05, 0) is 24.3 Å². The fourth-order valence-corrected chi connectivity index (χ4v) is 4.87. The Bertz CT molecular complexity index is 877. The van der Waals surface area contributed by atoms with Gasteiger partial charge in [-0.3, -0.25) is 10.1 Å². The first-order valence-electron chi connectivity index (χ1n) is 9.05. The molecule has 5 nitrogen and oxygen atoms in total. The summed E-state index contributed by atoms with van der Waals surface area (Å²) in [5.41, 5.74) is 0.722. The molecule has 1 atom stereocenters. The monoisotopic (exact) mass is 406 g/mol. The zero-order valence-corrected chi connectivity index (χ0v) is 17.4. The number of hydrogen-bond acceptors (Lipinski definition) is 4. The number of fused-ring (bicyclic) bond motifs is 1. The van der Waals surface area contributed by atoms with Crippen LogP contribution in [0.4, 0.5) is 14.5 Å². The number of hydrogen-bond donors (Lipinski definition) is 2. The minimum atomic E-state index is -2.18. The van der Waals surface area contributed by atoms with Gasteiger partial charge in [-0.25, -0.2) is 8.78 Å². The Kier molecular flexibility index (Phi) is 5.71. The van der Waals surface area contributed by atoms with Gasteiger partial charge in [0.25, 0.3) is 0 Å². The molecule has 1 heterocycles. The second-order valence-corrected chi connectivity index (χ2v) is 12.7. The number of anilines is 1. The van der Waals surface area contributed by atoms with Crippen molar-refractivity contribution < 1.29 is 23.0 Å². The fraction of sp³-hybridized carbons (Fsp3) is 0.350. The standard InChI is InChI=1S/C20H24F2N2O3Si/c1-26-13-5-6-14-17(11-13)27-8-7-23-18(14)20(25)24-12-9-15(21)19(16(22)10-12)28(2,3)4/h5-6,9-11,18,23H,7-8H2,1-4H3,(H,24,25). The normalized spacial score (nSPS) is 16.6. The molecule has 2 N–H and O–H groups in total. The number of benzene rings is 2. The molecule has 2 aromatic carbocycles. The van der Waals surface area contributed by atoms with Gasteiger partial charge in [0.1, 0.15) is 35.8 Å². The molecular formula is C20H24F2N2O3Si. The van der Waals surface area contributed by atoms with Crippen LogP contribution in [-0.2, 0) is 4.79 Å². The molecule has 0 saturated carbocycles. The number of ether oxygens (including phenoxy) is 2. The van der Waals surface area contributed by atoms with Gasteiger partial charge in [-0.15, -0.1) is 0 Å². The number of amides is 1. The summed E-state index contributed by atoms with van der Waals surface area (Å²) in [5.74, 6) is -0.521. The van der Waals surface area contributed by atoms with Crippen molar-refractivity contribution in [3.05, 3.63) is 47.5 Å². The van der Waals surface area contributed by atoms with Crippen molar-refractivity contribution in [2.45, 2.75) is 25.7 Å². The fourth-order valence-electron chi connectivity index (χ4n) is 3.29. The topological polar surface area (TPSA) is 59.6 Å². The van der Waals surface area contributed by atoms with Gasteiger partial charge in [-0.2, -0.15) is 0 Å². The smallest absolute Gasteiger partial charge is 0.246 e. The highest BCUT2D eigenvalue weighted by molar-refractivity contribution is 6.88. The molecule has 1 aliphatic heterocycles. The van der Waals surface area contributed by atoms with Gasteiger partial charge in [0.2, 0.25) is 5.91 Å². The second-order valence-electron chi connectivity index (χ2n) is 7.69. The lowest BCUT2D eigenvalue weighted by Gasteiger charge is -2.21. The third-order valence-corrected chi connectivity index (χ3v) is 6.54. The highest BCUT2D eigenvalue weighted by atomic mass is 28.3. The molecular weight excluding hydrogens is 382 g/mol. The van der Waals surface area contributed by atoms with Crippen molar-refractivity contribution in [3.63, 3.8) is 0 Å². The number of carbonyl (C=O) groups excluding carboxylic acids is 1. The van der Waals surface area contributed by atoms with Gasteiger partial charge in [-0.1, -0.05) is 19.6 Å². The zero-order valence-electron chi connectivity index (χ0n) is 16.4. The molecule has 0 aromatic heterocycles. The molecule has 3 rings (SSSR count). The number of halogens is 2. The summed E-state index contributed by atoms with van der Waals surface area (Å²) in [5, 5.41) is 5.85. The van der Waals surface area contributed by atoms with Gasteiger partial charge < -0.3 is 14.8 Å². The molecule has 150 valence electrons. The number of carbonyl (C=O) groups is 1. The van der Waals surface area contributed by atoms with Crippen LogP contribution in [-0.4, -0.2) is 34.2 Å². The lowest BCUT2D eigenvalue weighted by molar-refractivity contribution is -0.118. The van der Waals surface area contributed by atoms with Crippen molar-refractivity contribution in [2.24, 2.45) is 0 Å². The number of rotatable bonds is 4. The molecule has 1 unspecified atom stereocenters. The molecule has 0 aliphatic carbocycles. The average Bonchev–Trinajstić information content (AvgIpc) is 2.81. The molecule has 0 saturated heterocycles. The van der Waals surface area contributed by atoms with Crippen LogP contribution >= 0.6 is 0 Å². The molecule has 0 fully saturated rings. The summed E-state index contributed by atoms with van der Waals surface area (Å²) >= 11 is 0. The maximum atomic E-state index is 14.5. The minimum absolute atomic E-state index is 0.0871. The number of nitrogens with one attached hydrogen (secondary N) is 2. The van der Waals surface area contributed by atoms with E-state index in [9.17, 15) is 13.6 Å². The van der Waals surface area contributed by atoms with Crippen LogP contribution in [0.5, 0.6) is 11.5 Å². The first-order chi connectivity index (χ1) is 13.2. The lowest BCUT2D eigenvalue weighted by Crippen LogP contribution is -2.42. The zero-order chi connectivity index (χ0) is 20.5. The van der Waals surface area contributed by atoms with Gasteiger partial charge in [0, 0.05) is 29.0 Å². The molecule has 2 aromatic rings. The van der Waals surface area contributed by atoms with E-state index in [1.54, 1.807) is 25.3 Å². The van der Waals surface area contributed by atoms with Gasteiger partial charge in [0.05, 0.1) is 15.2 Å². The summed E-state index contributed by atoms with van der Waals surface area (Å²) in [6.07, 6.45) is 0. The third kappa shape index (κ3) is 4.17. The SMILES string of the molecule is COc1ccc2c(c1)OCCNC2C(=O)Nc1cc(F)c([Si](C)(C)C)c(F)c1. The van der Waals surface area contributed by atoms with E-state index in [1.165, 1.54) is 12.1 Å². The van der Waals surface area contributed by atoms with E-state index in [0.29, 0.717) is 30.2 Å². The molecule has 0 spiro atoms. The number of methoxy groups -OCH3 is 1. The van der Waals surface area contributed by atoms with Crippen molar-refractivity contribution in [2.75, 3.05) is 25.6 Å². The van der Waals surface area contributed by atoms with Crippen LogP contribution in [0.25, 0.3) is 0 Å². The summed E-state index contributed by atoms with van der Waals surface area (Å²) < 4.78 is 39.8. The first-order valence-corrected chi connectivity index (χ1v) is 12.5. The van der Waals surface area contributed by atoms with E-state index in [4.69, 9.17) is 9.47 Å². The van der Waals surface area contributed by atoms with E-state index in [0.717, 1.165) is 0 Å². The van der Waals surface area contributed by atoms with Crippen molar-refractivity contribution >= 4 is 24.9 Å². The lowest BCUT2D eigenvalue weighted by atomic mass is 10.0. The molecule has 28 heavy (non-hydrogen) atoms. The van der Waals surface area contributed by atoms with E-state index in [-0.39, 0.29) is 10.9 Å². The van der Waals surface area contributed by atoms with Gasteiger partial charge >= 0.3 is 0 Å². The van der Waals surface area contributed by atoms with Gasteiger partial charge in [0.15, 0.2) is 0 Å². The first kappa shape index (κ1) is 20.3. The van der Waals surface area contributed by atoms with Crippen LogP contribution in [0.15, 0.2) is 30.3 Å². The van der Waals surface area contributed by atoms with Crippen LogP contribution in [0.2, 0.25) is 19.6 Å². The van der Waals surface area contributed by atoms with E-state index in [2.05, 4.69) is 10.6 Å². The van der Waals surface area contributed by atoms with Crippen LogP contribution in [0.1, 0.15) is 11.6 Å². The highest BCUT2D eigenvalue weighted by Gasteiger charge is 2.29. The van der Waals surface area contributed by atoms with Crippen molar-refractivity contribution in [1.29, 1.82) is 0 Å². The molecule has 8 heteroatoms. The highest BCUT2D eigenvalue weighted by Crippen LogP contribution is 2.32. The summed E-state index contributed by atoms with van der Waals surface area (Å²) in [4.78, 5) is 12.8. The van der Waals surface area contributed by atoms with Crippen LogP contribution in [0.3, 0.4) is 0 Å². The quantitative estimate of drug-likeness (QED) is 0.766. The molecule has 0 radical (unpaired) electrons. The molecule has 1 amide bonds. The summed E-state index contributed by atoms with van der Waals surface area (Å²) in [7, 11) is -0.635. The van der Waals surface area contributed by atoms with Crippen molar-refractivity contribution in [1.82, 2.24) is 5.32 Å². The Morgan fingerprint density at radius 2 is 1.89 bits per heavy atom. The van der Waals surface area contributed by atoms with Crippen LogP contribution < -0.4 is 25.3 Å². The van der Waals surface area contributed by atoms with E-state index < -0.39 is 31.7 Å². The Morgan fingerprint density at radius 3 is 2.50 bits per heavy atom. The Hall–Kier alpha value is -2.45. The minimum Gasteiger partial charge on any atom is -0.497 e. The van der Waals surface area contributed by atoms with E-state index >= 15 is 0 Å². The predicted octanol–water partition coefficient (Wildman–Crippen LogP) is 3.18. The Balaban J connectivity index is 1.88. The maximum Gasteiger partial charge on any atom is 0.246 e. The third-order valence-electron chi connectivity index (χ3n) is 4.56. The molecule has 1 aliphatic rings. The molecule has 0 bridgehead atoms. The predicted molar refractivity (Wildman–Crippen MR) is 107 cm³/mol. The summed E-state index contributed by atoms with van der Waals surface area (Å²) in [6, 6.07) is 6.83. The Labute approximate surface area is 164 Å². The average molecular weight is 407 g/mol. The van der Waals surface area contributed by atoms with E-state index in [1.807, 2.05) is 19.6 Å². The largest absolute Gasteiger partial charge is 0.497 e. The van der Waals surface area contributed by atoms with Crippen LogP contribution in [0, 0.1) is 11.6 Å².